The summed E-state index contributed by atoms with van der Waals surface area (Å²) in [6.07, 6.45) is 2.16. The summed E-state index contributed by atoms with van der Waals surface area (Å²) >= 11 is 5.90. The molecule has 7 heteroatoms. The number of hydrogen-bond acceptors (Lipinski definition) is 4. The first-order valence-corrected chi connectivity index (χ1v) is 9.09. The normalized spacial score (nSPS) is 11.7. The van der Waals surface area contributed by atoms with Crippen molar-refractivity contribution in [3.05, 3.63) is 57.2 Å². The van der Waals surface area contributed by atoms with Gasteiger partial charge in [0.05, 0.1) is 17.4 Å². The van der Waals surface area contributed by atoms with Gasteiger partial charge in [0, 0.05) is 11.6 Å². The van der Waals surface area contributed by atoms with Crippen LogP contribution in [-0.4, -0.2) is 20.5 Å². The fourth-order valence-electron chi connectivity index (χ4n) is 2.64. The van der Waals surface area contributed by atoms with Gasteiger partial charge in [0.1, 0.15) is 11.0 Å². The Morgan fingerprint density at radius 3 is 2.56 bits per heavy atom. The standard InChI is InChI=1S/C20H22ClN3O3/c1-12-16(27-19(26)20(2,3)4)15-17(23-12)22-11-24(18(15)25)10-9-13-5-7-14(21)8-6-13/h5-8,11,23H,9-10H2,1-4H3. The molecule has 0 radical (unpaired) electrons. The predicted octanol–water partition coefficient (Wildman–Crippen LogP) is 3.88. The maximum Gasteiger partial charge on any atom is 0.316 e. The van der Waals surface area contributed by atoms with Crippen LogP contribution < -0.4 is 10.3 Å². The number of carbonyl (C=O) groups is 1. The molecule has 0 fully saturated rings. The third-order valence-electron chi connectivity index (χ3n) is 4.27. The molecular weight excluding hydrogens is 366 g/mol. The highest BCUT2D eigenvalue weighted by Crippen LogP contribution is 2.28. The smallest absolute Gasteiger partial charge is 0.316 e. The zero-order chi connectivity index (χ0) is 19.8. The van der Waals surface area contributed by atoms with Gasteiger partial charge in [0.2, 0.25) is 0 Å². The van der Waals surface area contributed by atoms with E-state index in [2.05, 4.69) is 9.97 Å². The summed E-state index contributed by atoms with van der Waals surface area (Å²) in [5, 5.41) is 0.968. The summed E-state index contributed by atoms with van der Waals surface area (Å²) in [7, 11) is 0. The molecule has 0 spiro atoms. The van der Waals surface area contributed by atoms with Crippen molar-refractivity contribution in [2.75, 3.05) is 0 Å². The van der Waals surface area contributed by atoms with Gasteiger partial charge in [-0.25, -0.2) is 4.98 Å². The first kappa shape index (κ1) is 19.2. The molecule has 142 valence electrons. The number of aryl methyl sites for hydroxylation is 3. The molecule has 0 atom stereocenters. The molecule has 3 rings (SSSR count). The minimum atomic E-state index is -0.675. The van der Waals surface area contributed by atoms with E-state index in [0.29, 0.717) is 34.7 Å². The van der Waals surface area contributed by atoms with E-state index < -0.39 is 11.4 Å². The monoisotopic (exact) mass is 387 g/mol. The molecule has 6 nitrogen and oxygen atoms in total. The maximum absolute atomic E-state index is 13.0. The Morgan fingerprint density at radius 1 is 1.26 bits per heavy atom. The Labute approximate surface area is 162 Å². The van der Waals surface area contributed by atoms with Crippen molar-refractivity contribution in [3.8, 4) is 5.75 Å². The first-order valence-electron chi connectivity index (χ1n) is 8.71. The maximum atomic E-state index is 13.0. The zero-order valence-corrected chi connectivity index (χ0v) is 16.6. The SMILES string of the molecule is Cc1[nH]c2ncn(CCc3ccc(Cl)cc3)c(=O)c2c1OC(=O)C(C)(C)C. The average molecular weight is 388 g/mol. The second-order valence-electron chi connectivity index (χ2n) is 7.56. The molecule has 0 unspecified atom stereocenters. The number of fused-ring (bicyclic) bond motifs is 1. The van der Waals surface area contributed by atoms with Crippen molar-refractivity contribution in [1.82, 2.24) is 14.5 Å². The lowest BCUT2D eigenvalue weighted by molar-refractivity contribution is -0.142. The second kappa shape index (κ2) is 7.19. The van der Waals surface area contributed by atoms with Gasteiger partial charge < -0.3 is 9.72 Å². The average Bonchev–Trinajstić information content (AvgIpc) is 2.91. The van der Waals surface area contributed by atoms with Crippen molar-refractivity contribution in [3.63, 3.8) is 0 Å². The molecular formula is C20H22ClN3O3. The molecule has 0 bridgehead atoms. The lowest BCUT2D eigenvalue weighted by Crippen LogP contribution is -2.27. The number of aromatic nitrogens is 3. The fraction of sp³-hybridized carbons (Fsp3) is 0.350. The number of ether oxygens (including phenoxy) is 1. The van der Waals surface area contributed by atoms with Crippen LogP contribution in [0.2, 0.25) is 5.02 Å². The number of nitrogens with one attached hydrogen (secondary N) is 1. The molecule has 2 aromatic heterocycles. The van der Waals surface area contributed by atoms with Gasteiger partial charge in [-0.2, -0.15) is 0 Å². The zero-order valence-electron chi connectivity index (χ0n) is 15.8. The number of H-pyrrole nitrogens is 1. The molecule has 0 aliphatic heterocycles. The Morgan fingerprint density at radius 2 is 1.93 bits per heavy atom. The number of esters is 1. The van der Waals surface area contributed by atoms with Gasteiger partial charge in [-0.1, -0.05) is 23.7 Å². The predicted molar refractivity (Wildman–Crippen MR) is 105 cm³/mol. The summed E-state index contributed by atoms with van der Waals surface area (Å²) in [5.41, 5.74) is 1.16. The van der Waals surface area contributed by atoms with Crippen molar-refractivity contribution in [2.45, 2.75) is 40.7 Å². The number of hydrogen-bond donors (Lipinski definition) is 1. The molecule has 0 aliphatic carbocycles. The van der Waals surface area contributed by atoms with Crippen LogP contribution in [0.5, 0.6) is 5.75 Å². The summed E-state index contributed by atoms with van der Waals surface area (Å²) < 4.78 is 7.06. The number of nitrogens with zero attached hydrogens (tertiary/aromatic N) is 2. The highest BCUT2D eigenvalue weighted by Gasteiger charge is 2.27. The summed E-state index contributed by atoms with van der Waals surface area (Å²) in [4.78, 5) is 32.6. The molecule has 1 aromatic carbocycles. The van der Waals surface area contributed by atoms with Crippen LogP contribution in [0.1, 0.15) is 32.0 Å². The molecule has 0 amide bonds. The van der Waals surface area contributed by atoms with Crippen LogP contribution in [-0.2, 0) is 17.8 Å². The highest BCUT2D eigenvalue weighted by atomic mass is 35.5. The van der Waals surface area contributed by atoms with Crippen molar-refractivity contribution in [2.24, 2.45) is 5.41 Å². The topological polar surface area (TPSA) is 77.0 Å². The minimum Gasteiger partial charge on any atom is -0.423 e. The third-order valence-corrected chi connectivity index (χ3v) is 4.53. The number of aromatic amines is 1. The van der Waals surface area contributed by atoms with Gasteiger partial charge in [0.15, 0.2) is 5.75 Å². The first-order chi connectivity index (χ1) is 12.7. The van der Waals surface area contributed by atoms with Gasteiger partial charge in [-0.05, 0) is 51.8 Å². The Kier molecular flexibility index (Phi) is 5.11. The van der Waals surface area contributed by atoms with Crippen LogP contribution in [0.4, 0.5) is 0 Å². The van der Waals surface area contributed by atoms with E-state index in [9.17, 15) is 9.59 Å². The van der Waals surface area contributed by atoms with Gasteiger partial charge in [0.25, 0.3) is 5.56 Å². The molecule has 0 aliphatic rings. The largest absolute Gasteiger partial charge is 0.423 e. The van der Waals surface area contributed by atoms with Crippen LogP contribution >= 0.6 is 11.6 Å². The molecule has 0 saturated heterocycles. The number of rotatable bonds is 4. The van der Waals surface area contributed by atoms with Crippen molar-refractivity contribution in [1.29, 1.82) is 0 Å². The van der Waals surface area contributed by atoms with Gasteiger partial charge in [-0.3, -0.25) is 14.2 Å². The Hall–Kier alpha value is -2.60. The van der Waals surface area contributed by atoms with Crippen LogP contribution in [0.25, 0.3) is 11.0 Å². The van der Waals surface area contributed by atoms with Crippen molar-refractivity contribution >= 4 is 28.6 Å². The van der Waals surface area contributed by atoms with E-state index in [0.717, 1.165) is 5.56 Å². The van der Waals surface area contributed by atoms with E-state index in [1.54, 1.807) is 27.7 Å². The van der Waals surface area contributed by atoms with Gasteiger partial charge in [-0.15, -0.1) is 0 Å². The van der Waals surface area contributed by atoms with Gasteiger partial charge >= 0.3 is 5.97 Å². The van der Waals surface area contributed by atoms with E-state index >= 15 is 0 Å². The fourth-order valence-corrected chi connectivity index (χ4v) is 2.77. The quantitative estimate of drug-likeness (QED) is 0.689. The molecule has 2 heterocycles. The number of benzene rings is 1. The molecule has 27 heavy (non-hydrogen) atoms. The van der Waals surface area contributed by atoms with E-state index in [-0.39, 0.29) is 11.3 Å². The lowest BCUT2D eigenvalue weighted by atomic mass is 9.97. The van der Waals surface area contributed by atoms with E-state index in [1.807, 2.05) is 24.3 Å². The van der Waals surface area contributed by atoms with E-state index in [1.165, 1.54) is 10.9 Å². The number of halogens is 1. The highest BCUT2D eigenvalue weighted by molar-refractivity contribution is 6.30. The summed E-state index contributed by atoms with van der Waals surface area (Å²) in [5.74, 6) is -0.147. The molecule has 3 aromatic rings. The second-order valence-corrected chi connectivity index (χ2v) is 8.00. The van der Waals surface area contributed by atoms with Crippen LogP contribution in [0.15, 0.2) is 35.4 Å². The number of carbonyl (C=O) groups excluding carboxylic acids is 1. The molecule has 1 N–H and O–H groups in total. The Balaban J connectivity index is 1.93. The van der Waals surface area contributed by atoms with Crippen molar-refractivity contribution < 1.29 is 9.53 Å². The minimum absolute atomic E-state index is 0.241. The van der Waals surface area contributed by atoms with Crippen LogP contribution in [0.3, 0.4) is 0 Å². The third kappa shape index (κ3) is 4.06. The summed E-state index contributed by atoms with van der Waals surface area (Å²) in [6, 6.07) is 7.49. The summed E-state index contributed by atoms with van der Waals surface area (Å²) in [6.45, 7) is 7.51. The van der Waals surface area contributed by atoms with Crippen LogP contribution in [0, 0.1) is 12.3 Å². The Bertz CT molecular complexity index is 1040. The molecule has 0 saturated carbocycles. The lowest BCUT2D eigenvalue weighted by Gasteiger charge is -2.16. The van der Waals surface area contributed by atoms with E-state index in [4.69, 9.17) is 16.3 Å².